The van der Waals surface area contributed by atoms with E-state index >= 15 is 0 Å². The first-order valence-corrected chi connectivity index (χ1v) is 6.04. The first-order valence-electron chi connectivity index (χ1n) is 5.25. The normalized spacial score (nSPS) is 10.2. The Morgan fingerprint density at radius 3 is 2.39 bits per heavy atom. The van der Waals surface area contributed by atoms with Crippen molar-refractivity contribution in [2.45, 2.75) is 0 Å². The van der Waals surface area contributed by atoms with Gasteiger partial charge in [0.15, 0.2) is 6.29 Å². The summed E-state index contributed by atoms with van der Waals surface area (Å²) in [6, 6.07) is 10.1. The average Bonchev–Trinajstić information content (AvgIpc) is 2.39. The molecule has 0 N–H and O–H groups in total. The van der Waals surface area contributed by atoms with E-state index in [0.29, 0.717) is 23.2 Å². The Labute approximate surface area is 113 Å². The molecule has 0 aliphatic rings. The van der Waals surface area contributed by atoms with Crippen LogP contribution in [0.3, 0.4) is 0 Å². The smallest absolute Gasteiger partial charge is 0.153 e. The molecule has 0 atom stereocenters. The van der Waals surface area contributed by atoms with E-state index in [-0.39, 0.29) is 5.56 Å². The molecular weight excluding hydrogens is 299 g/mol. The predicted molar refractivity (Wildman–Crippen MR) is 71.5 cm³/mol. The number of hydrogen-bond acceptors (Lipinski definition) is 2. The summed E-state index contributed by atoms with van der Waals surface area (Å²) in [5.74, 6) is -0.160. The number of carbonyl (C=O) groups is 1. The maximum Gasteiger partial charge on any atom is 0.153 e. The molecule has 18 heavy (non-hydrogen) atoms. The minimum atomic E-state index is -0.563. The van der Waals surface area contributed by atoms with Crippen molar-refractivity contribution in [3.05, 3.63) is 52.3 Å². The largest absolute Gasteiger partial charge is 0.496 e. The fourth-order valence-electron chi connectivity index (χ4n) is 1.72. The molecule has 0 aromatic heterocycles. The van der Waals surface area contributed by atoms with E-state index in [9.17, 15) is 9.18 Å². The van der Waals surface area contributed by atoms with Gasteiger partial charge in [0.1, 0.15) is 11.6 Å². The molecule has 2 aromatic carbocycles. The fourth-order valence-corrected chi connectivity index (χ4v) is 1.99. The summed E-state index contributed by atoms with van der Waals surface area (Å²) in [6.45, 7) is 0. The molecule has 4 heteroatoms. The molecular formula is C14H10BrFO2. The highest BCUT2D eigenvalue weighted by atomic mass is 79.9. The Morgan fingerprint density at radius 2 is 1.83 bits per heavy atom. The van der Waals surface area contributed by atoms with Crippen LogP contribution in [0.2, 0.25) is 0 Å². The van der Waals surface area contributed by atoms with E-state index in [1.165, 1.54) is 13.2 Å². The summed E-state index contributed by atoms with van der Waals surface area (Å²) in [4.78, 5) is 10.8. The molecule has 0 heterocycles. The Bertz CT molecular complexity index is 579. The standard InChI is InChI=1S/C14H10BrFO2/c1-18-12-7-4-10(8-17)14(16)13(12)9-2-5-11(15)6-3-9/h2-8H,1H3. The number of benzene rings is 2. The van der Waals surface area contributed by atoms with Gasteiger partial charge in [-0.25, -0.2) is 4.39 Å². The number of aldehydes is 1. The molecule has 2 nitrogen and oxygen atoms in total. The molecule has 0 amide bonds. The van der Waals surface area contributed by atoms with E-state index < -0.39 is 5.82 Å². The van der Waals surface area contributed by atoms with Crippen molar-refractivity contribution in [3.63, 3.8) is 0 Å². The van der Waals surface area contributed by atoms with Gasteiger partial charge >= 0.3 is 0 Å². The van der Waals surface area contributed by atoms with E-state index in [1.807, 2.05) is 12.1 Å². The monoisotopic (exact) mass is 308 g/mol. The van der Waals surface area contributed by atoms with Crippen LogP contribution in [0.1, 0.15) is 10.4 Å². The molecule has 2 rings (SSSR count). The van der Waals surface area contributed by atoms with Crippen molar-refractivity contribution in [1.29, 1.82) is 0 Å². The van der Waals surface area contributed by atoms with Crippen molar-refractivity contribution < 1.29 is 13.9 Å². The van der Waals surface area contributed by atoms with Crippen LogP contribution >= 0.6 is 15.9 Å². The lowest BCUT2D eigenvalue weighted by molar-refractivity contribution is 0.112. The first kappa shape index (κ1) is 12.8. The molecule has 2 aromatic rings. The third kappa shape index (κ3) is 2.29. The van der Waals surface area contributed by atoms with Crippen molar-refractivity contribution >= 4 is 22.2 Å². The van der Waals surface area contributed by atoms with Gasteiger partial charge in [0.05, 0.1) is 18.2 Å². The van der Waals surface area contributed by atoms with Gasteiger partial charge in [-0.1, -0.05) is 28.1 Å². The number of halogens is 2. The van der Waals surface area contributed by atoms with E-state index in [2.05, 4.69) is 15.9 Å². The number of methoxy groups -OCH3 is 1. The molecule has 0 spiro atoms. The van der Waals surface area contributed by atoms with Crippen LogP contribution in [0.5, 0.6) is 5.75 Å². The summed E-state index contributed by atoms with van der Waals surface area (Å²) in [6.07, 6.45) is 0.497. The van der Waals surface area contributed by atoms with Crippen LogP contribution in [-0.4, -0.2) is 13.4 Å². The van der Waals surface area contributed by atoms with Crippen LogP contribution in [0.15, 0.2) is 40.9 Å². The van der Waals surface area contributed by atoms with Crippen LogP contribution in [0.25, 0.3) is 11.1 Å². The third-order valence-electron chi connectivity index (χ3n) is 2.61. The number of ether oxygens (including phenoxy) is 1. The van der Waals surface area contributed by atoms with Crippen LogP contribution in [0.4, 0.5) is 4.39 Å². The Morgan fingerprint density at radius 1 is 1.17 bits per heavy atom. The lowest BCUT2D eigenvalue weighted by atomic mass is 10.0. The van der Waals surface area contributed by atoms with Gasteiger partial charge < -0.3 is 4.74 Å². The predicted octanol–water partition coefficient (Wildman–Crippen LogP) is 4.08. The maximum atomic E-state index is 14.2. The van der Waals surface area contributed by atoms with Gasteiger partial charge in [-0.2, -0.15) is 0 Å². The molecule has 0 bridgehead atoms. The van der Waals surface area contributed by atoms with E-state index in [0.717, 1.165) is 4.47 Å². The lowest BCUT2D eigenvalue weighted by Gasteiger charge is -2.11. The highest BCUT2D eigenvalue weighted by molar-refractivity contribution is 9.10. The minimum Gasteiger partial charge on any atom is -0.496 e. The van der Waals surface area contributed by atoms with Crippen LogP contribution in [-0.2, 0) is 0 Å². The Balaban J connectivity index is 2.67. The molecule has 0 aliphatic heterocycles. The molecule has 0 unspecified atom stereocenters. The van der Waals surface area contributed by atoms with Gasteiger partial charge in [0.2, 0.25) is 0 Å². The maximum absolute atomic E-state index is 14.2. The van der Waals surface area contributed by atoms with Gasteiger partial charge in [-0.15, -0.1) is 0 Å². The van der Waals surface area contributed by atoms with E-state index in [4.69, 9.17) is 4.74 Å². The zero-order valence-corrected chi connectivity index (χ0v) is 11.2. The number of carbonyl (C=O) groups excluding carboxylic acids is 1. The first-order chi connectivity index (χ1) is 8.67. The minimum absolute atomic E-state index is 0.0220. The highest BCUT2D eigenvalue weighted by Crippen LogP contribution is 2.34. The van der Waals surface area contributed by atoms with Crippen molar-refractivity contribution in [1.82, 2.24) is 0 Å². The summed E-state index contributed by atoms with van der Waals surface area (Å²) in [5, 5.41) is 0. The second-order valence-electron chi connectivity index (χ2n) is 3.67. The number of hydrogen-bond donors (Lipinski definition) is 0. The van der Waals surface area contributed by atoms with E-state index in [1.54, 1.807) is 18.2 Å². The van der Waals surface area contributed by atoms with Gasteiger partial charge in [-0.05, 0) is 29.8 Å². The zero-order chi connectivity index (χ0) is 13.1. The zero-order valence-electron chi connectivity index (χ0n) is 9.61. The fraction of sp³-hybridized carbons (Fsp3) is 0.0714. The molecule has 0 saturated carbocycles. The van der Waals surface area contributed by atoms with Crippen molar-refractivity contribution in [2.24, 2.45) is 0 Å². The highest BCUT2D eigenvalue weighted by Gasteiger charge is 2.15. The second kappa shape index (κ2) is 5.31. The molecule has 0 fully saturated rings. The molecule has 92 valence electrons. The topological polar surface area (TPSA) is 26.3 Å². The van der Waals surface area contributed by atoms with Crippen LogP contribution in [0, 0.1) is 5.82 Å². The number of rotatable bonds is 3. The SMILES string of the molecule is COc1ccc(C=O)c(F)c1-c1ccc(Br)cc1. The Kier molecular flexibility index (Phi) is 3.77. The van der Waals surface area contributed by atoms with Gasteiger partial charge in [0.25, 0.3) is 0 Å². The quantitative estimate of drug-likeness (QED) is 0.799. The molecule has 0 radical (unpaired) electrons. The average molecular weight is 309 g/mol. The summed E-state index contributed by atoms with van der Waals surface area (Å²) in [5.41, 5.74) is 0.986. The van der Waals surface area contributed by atoms with Crippen LogP contribution < -0.4 is 4.74 Å². The van der Waals surface area contributed by atoms with Gasteiger partial charge in [-0.3, -0.25) is 4.79 Å². The third-order valence-corrected chi connectivity index (χ3v) is 3.14. The Hall–Kier alpha value is -1.68. The molecule has 0 aliphatic carbocycles. The summed E-state index contributed by atoms with van der Waals surface area (Å²) < 4.78 is 20.2. The molecule has 0 saturated heterocycles. The second-order valence-corrected chi connectivity index (χ2v) is 4.59. The summed E-state index contributed by atoms with van der Waals surface area (Å²) >= 11 is 3.32. The van der Waals surface area contributed by atoms with Crippen molar-refractivity contribution in [2.75, 3.05) is 7.11 Å². The van der Waals surface area contributed by atoms with Gasteiger partial charge in [0, 0.05) is 4.47 Å². The lowest BCUT2D eigenvalue weighted by Crippen LogP contribution is -1.96. The summed E-state index contributed by atoms with van der Waals surface area (Å²) in [7, 11) is 1.47. The van der Waals surface area contributed by atoms with Crippen molar-refractivity contribution in [3.8, 4) is 16.9 Å².